The van der Waals surface area contributed by atoms with Crippen LogP contribution in [0.3, 0.4) is 0 Å². The molecule has 1 unspecified atom stereocenters. The summed E-state index contributed by atoms with van der Waals surface area (Å²) in [5.74, 6) is 0.568. The van der Waals surface area contributed by atoms with Gasteiger partial charge in [-0.1, -0.05) is 42.1 Å². The minimum atomic E-state index is -0.709. The summed E-state index contributed by atoms with van der Waals surface area (Å²) >= 11 is 1.49. The van der Waals surface area contributed by atoms with E-state index in [1.807, 2.05) is 30.3 Å². The number of tetrazole rings is 1. The van der Waals surface area contributed by atoms with Crippen LogP contribution in [-0.4, -0.2) is 32.0 Å². The summed E-state index contributed by atoms with van der Waals surface area (Å²) in [5.41, 5.74) is 0.279. The molecule has 1 N–H and O–H groups in total. The molecule has 1 heterocycles. The summed E-state index contributed by atoms with van der Waals surface area (Å²) in [7, 11) is 1.80. The Bertz CT molecular complexity index is 645. The molecule has 21 heavy (non-hydrogen) atoms. The molecule has 0 amide bonds. The second-order valence-electron chi connectivity index (χ2n) is 5.18. The minimum absolute atomic E-state index is 0.433. The Balaban J connectivity index is 1.85. The smallest absolute Gasteiger partial charge is 0.209 e. The van der Waals surface area contributed by atoms with Crippen molar-refractivity contribution in [3.8, 4) is 6.07 Å². The van der Waals surface area contributed by atoms with Crippen molar-refractivity contribution in [2.45, 2.75) is 29.6 Å². The largest absolute Gasteiger partial charge is 0.292 e. The van der Waals surface area contributed by atoms with Gasteiger partial charge in [-0.3, -0.25) is 5.32 Å². The molecule has 1 aliphatic carbocycles. The molecule has 7 heteroatoms. The summed E-state index contributed by atoms with van der Waals surface area (Å²) in [6.07, 6.45) is 2.26. The van der Waals surface area contributed by atoms with E-state index in [2.05, 4.69) is 26.9 Å². The second-order valence-corrected chi connectivity index (χ2v) is 6.12. The Kier molecular flexibility index (Phi) is 3.90. The van der Waals surface area contributed by atoms with E-state index in [0.717, 1.165) is 18.4 Å². The quantitative estimate of drug-likeness (QED) is 0.814. The van der Waals surface area contributed by atoms with Crippen LogP contribution in [0, 0.1) is 11.3 Å². The van der Waals surface area contributed by atoms with Crippen LogP contribution < -0.4 is 5.32 Å². The monoisotopic (exact) mass is 300 g/mol. The molecule has 0 spiro atoms. The number of nitrogens with one attached hydrogen (secondary N) is 1. The lowest BCUT2D eigenvalue weighted by Crippen LogP contribution is -2.44. The molecule has 0 bridgehead atoms. The van der Waals surface area contributed by atoms with Crippen molar-refractivity contribution >= 4 is 11.8 Å². The molecule has 3 rings (SSSR count). The highest BCUT2D eigenvalue weighted by molar-refractivity contribution is 7.99. The fraction of sp³-hybridized carbons (Fsp3) is 0.429. The van der Waals surface area contributed by atoms with Crippen LogP contribution >= 0.6 is 11.8 Å². The summed E-state index contributed by atoms with van der Waals surface area (Å²) < 4.78 is 1.62. The van der Waals surface area contributed by atoms with Crippen molar-refractivity contribution in [3.05, 3.63) is 35.9 Å². The molecule has 0 radical (unpaired) electrons. The van der Waals surface area contributed by atoms with Crippen molar-refractivity contribution in [3.63, 3.8) is 0 Å². The number of aromatic nitrogens is 4. The number of thioether (sulfide) groups is 1. The van der Waals surface area contributed by atoms with Gasteiger partial charge in [0.05, 0.1) is 6.07 Å². The molecular formula is C14H16N6S. The van der Waals surface area contributed by atoms with Gasteiger partial charge in [-0.2, -0.15) is 5.26 Å². The highest BCUT2D eigenvalue weighted by Gasteiger charge is 2.38. The Labute approximate surface area is 127 Å². The molecule has 6 nitrogen and oxygen atoms in total. The second kappa shape index (κ2) is 5.84. The summed E-state index contributed by atoms with van der Waals surface area (Å²) in [6, 6.07) is 12.8. The van der Waals surface area contributed by atoms with E-state index in [-0.39, 0.29) is 0 Å². The fourth-order valence-electron chi connectivity index (χ4n) is 2.15. The van der Waals surface area contributed by atoms with Crippen molar-refractivity contribution < 1.29 is 0 Å². The lowest BCUT2D eigenvalue weighted by atomic mass is 9.93. The third-order valence-corrected chi connectivity index (χ3v) is 4.67. The lowest BCUT2D eigenvalue weighted by molar-refractivity contribution is 0.469. The fourth-order valence-corrected chi connectivity index (χ4v) is 3.13. The van der Waals surface area contributed by atoms with Gasteiger partial charge in [-0.15, -0.1) is 5.10 Å². The average molecular weight is 300 g/mol. The van der Waals surface area contributed by atoms with Crippen molar-refractivity contribution in [2.75, 3.05) is 5.75 Å². The van der Waals surface area contributed by atoms with Gasteiger partial charge in [-0.25, -0.2) is 4.68 Å². The van der Waals surface area contributed by atoms with E-state index >= 15 is 0 Å². The highest BCUT2D eigenvalue weighted by Crippen LogP contribution is 2.32. The number of rotatable bonds is 6. The number of hydrogen-bond acceptors (Lipinski definition) is 6. The van der Waals surface area contributed by atoms with Crippen LogP contribution in [0.2, 0.25) is 0 Å². The highest BCUT2D eigenvalue weighted by atomic mass is 32.2. The van der Waals surface area contributed by atoms with Crippen LogP contribution in [0.4, 0.5) is 0 Å². The zero-order chi connectivity index (χ0) is 14.7. The first-order valence-electron chi connectivity index (χ1n) is 6.83. The van der Waals surface area contributed by atoms with E-state index in [1.165, 1.54) is 11.8 Å². The molecule has 1 aromatic carbocycles. The number of nitrogens with zero attached hydrogens (tertiary/aromatic N) is 5. The zero-order valence-electron chi connectivity index (χ0n) is 11.7. The van der Waals surface area contributed by atoms with Crippen molar-refractivity contribution in [2.24, 2.45) is 7.05 Å². The topological polar surface area (TPSA) is 79.4 Å². The Morgan fingerprint density at radius 3 is 2.76 bits per heavy atom. The van der Waals surface area contributed by atoms with Gasteiger partial charge < -0.3 is 0 Å². The van der Waals surface area contributed by atoms with Gasteiger partial charge in [0.15, 0.2) is 0 Å². The number of nitriles is 1. The molecule has 1 aromatic heterocycles. The first kappa shape index (κ1) is 14.0. The van der Waals surface area contributed by atoms with E-state index in [0.29, 0.717) is 17.0 Å². The van der Waals surface area contributed by atoms with Gasteiger partial charge in [0.1, 0.15) is 5.54 Å². The summed E-state index contributed by atoms with van der Waals surface area (Å²) in [4.78, 5) is 0. The first-order valence-corrected chi connectivity index (χ1v) is 7.82. The predicted molar refractivity (Wildman–Crippen MR) is 79.4 cm³/mol. The van der Waals surface area contributed by atoms with Crippen molar-refractivity contribution in [1.29, 1.82) is 5.26 Å². The normalized spacial score (nSPS) is 17.1. The number of aryl methyl sites for hydroxylation is 1. The third kappa shape index (κ3) is 3.06. The zero-order valence-corrected chi connectivity index (χ0v) is 12.5. The first-order chi connectivity index (χ1) is 10.2. The standard InChI is InChI=1S/C14H16N6S/c1-20-13(17-18-19-20)21-10-14(9-15,16-12-7-8-12)11-5-3-2-4-6-11/h2-6,12,16H,7-8,10H2,1H3. The maximum atomic E-state index is 9.82. The van der Waals surface area contributed by atoms with Crippen LogP contribution in [0.15, 0.2) is 35.5 Å². The third-order valence-electron chi connectivity index (χ3n) is 3.48. The molecule has 0 aliphatic heterocycles. The molecule has 1 aliphatic rings. The van der Waals surface area contributed by atoms with Gasteiger partial charge in [-0.05, 0) is 28.8 Å². The van der Waals surface area contributed by atoms with Crippen LogP contribution in [0.1, 0.15) is 18.4 Å². The molecule has 1 saturated carbocycles. The minimum Gasteiger partial charge on any atom is -0.292 e. The van der Waals surface area contributed by atoms with Gasteiger partial charge in [0, 0.05) is 18.8 Å². The molecule has 108 valence electrons. The van der Waals surface area contributed by atoms with Crippen LogP contribution in [-0.2, 0) is 12.6 Å². The van der Waals surface area contributed by atoms with Crippen molar-refractivity contribution in [1.82, 2.24) is 25.5 Å². The Hall–Kier alpha value is -1.91. The summed E-state index contributed by atoms with van der Waals surface area (Å²) in [6.45, 7) is 0. The molecule has 1 atom stereocenters. The van der Waals surface area contributed by atoms with E-state index in [1.54, 1.807) is 11.7 Å². The lowest BCUT2D eigenvalue weighted by Gasteiger charge is -2.28. The maximum Gasteiger partial charge on any atom is 0.209 e. The SMILES string of the molecule is Cn1nnnc1SCC(C#N)(NC1CC1)c1ccccc1. The molecule has 1 fully saturated rings. The molecule has 0 saturated heterocycles. The molecular weight excluding hydrogens is 284 g/mol. The van der Waals surface area contributed by atoms with Crippen LogP contribution in [0.25, 0.3) is 0 Å². The summed E-state index contributed by atoms with van der Waals surface area (Å²) in [5, 5.41) is 25.4. The predicted octanol–water partition coefficient (Wildman–Crippen LogP) is 1.47. The average Bonchev–Trinajstić information content (AvgIpc) is 3.25. The van der Waals surface area contributed by atoms with Gasteiger partial charge >= 0.3 is 0 Å². The van der Waals surface area contributed by atoms with E-state index < -0.39 is 5.54 Å². The van der Waals surface area contributed by atoms with E-state index in [4.69, 9.17) is 0 Å². The van der Waals surface area contributed by atoms with Gasteiger partial charge in [0.2, 0.25) is 5.16 Å². The maximum absolute atomic E-state index is 9.82. The number of benzene rings is 1. The van der Waals surface area contributed by atoms with Crippen LogP contribution in [0.5, 0.6) is 0 Å². The number of hydrogen-bond donors (Lipinski definition) is 1. The van der Waals surface area contributed by atoms with Gasteiger partial charge in [0.25, 0.3) is 0 Å². The van der Waals surface area contributed by atoms with E-state index in [9.17, 15) is 5.26 Å². The Morgan fingerprint density at radius 1 is 1.43 bits per heavy atom. The Morgan fingerprint density at radius 2 is 2.19 bits per heavy atom. The molecule has 2 aromatic rings.